The van der Waals surface area contributed by atoms with E-state index in [2.05, 4.69) is 10.3 Å². The SMILES string of the molecule is Bc1ccc(N)c2c(=O)n(C3C(=O)NC(=O)C(B)C3B)c(C)nc12. The highest BCUT2D eigenvalue weighted by Gasteiger charge is 2.40. The average Bonchev–Trinajstić information content (AvgIpc) is 2.51. The van der Waals surface area contributed by atoms with Gasteiger partial charge in [-0.15, -0.1) is 0 Å². The molecule has 3 N–H and O–H groups in total. The molecule has 1 aromatic carbocycles. The van der Waals surface area contributed by atoms with Crippen LogP contribution in [-0.4, -0.2) is 44.9 Å². The summed E-state index contributed by atoms with van der Waals surface area (Å²) < 4.78 is 1.36. The lowest BCUT2D eigenvalue weighted by molar-refractivity contribution is -0.135. The number of benzene rings is 1. The quantitative estimate of drug-likeness (QED) is 0.323. The van der Waals surface area contributed by atoms with Crippen molar-refractivity contribution in [2.24, 2.45) is 0 Å². The molecule has 120 valence electrons. The van der Waals surface area contributed by atoms with Gasteiger partial charge in [0, 0.05) is 11.5 Å². The number of aryl methyl sites for hydroxylation is 1. The van der Waals surface area contributed by atoms with Gasteiger partial charge in [-0.1, -0.05) is 11.5 Å². The second kappa shape index (κ2) is 5.54. The van der Waals surface area contributed by atoms with Gasteiger partial charge in [0.2, 0.25) is 11.8 Å². The van der Waals surface area contributed by atoms with E-state index in [1.54, 1.807) is 28.7 Å². The fraction of sp³-hybridized carbons (Fsp3) is 0.286. The summed E-state index contributed by atoms with van der Waals surface area (Å²) >= 11 is 0. The summed E-state index contributed by atoms with van der Waals surface area (Å²) in [6.07, 6.45) is 0. The Labute approximate surface area is 141 Å². The molecule has 0 bridgehead atoms. The lowest BCUT2D eigenvalue weighted by atomic mass is 9.61. The van der Waals surface area contributed by atoms with Gasteiger partial charge in [-0.25, -0.2) is 4.98 Å². The molecule has 0 spiro atoms. The second-order valence-electron chi connectivity index (χ2n) is 6.48. The summed E-state index contributed by atoms with van der Waals surface area (Å²) in [4.78, 5) is 41.8. The van der Waals surface area contributed by atoms with Crippen LogP contribution in [0.1, 0.15) is 11.9 Å². The zero-order valence-electron chi connectivity index (χ0n) is 14.1. The number of rotatable bonds is 1. The van der Waals surface area contributed by atoms with Gasteiger partial charge in [-0.05, 0) is 18.8 Å². The maximum Gasteiger partial charge on any atom is 0.264 e. The summed E-state index contributed by atoms with van der Waals surface area (Å²) in [5, 5.41) is 2.65. The molecule has 2 aromatic rings. The summed E-state index contributed by atoms with van der Waals surface area (Å²) in [6, 6.07) is 2.68. The van der Waals surface area contributed by atoms with Crippen molar-refractivity contribution in [2.45, 2.75) is 24.6 Å². The van der Waals surface area contributed by atoms with Crippen LogP contribution in [0.15, 0.2) is 16.9 Å². The molecular weight excluding hydrogens is 305 g/mol. The first-order valence-electron chi connectivity index (χ1n) is 7.86. The standard InChI is InChI=1S/C14H17B3N4O3/c1-4-19-10-5(15)2-3-6(18)7(10)14(24)21(4)11-8(16)9(17)12(22)20-13(11)23/h2-3,8-9,11H,15-18H2,1H3,(H,20,22,23). The fourth-order valence-electron chi connectivity index (χ4n) is 3.30. The summed E-state index contributed by atoms with van der Waals surface area (Å²) in [6.45, 7) is 1.69. The molecule has 10 heteroatoms. The van der Waals surface area contributed by atoms with E-state index in [0.29, 0.717) is 22.4 Å². The van der Waals surface area contributed by atoms with E-state index in [4.69, 9.17) is 5.73 Å². The normalized spacial score (nSPS) is 24.1. The first-order chi connectivity index (χ1) is 11.2. The molecular formula is C14H17B3N4O3. The van der Waals surface area contributed by atoms with Gasteiger partial charge in [0.15, 0.2) is 0 Å². The molecule has 1 fully saturated rings. The van der Waals surface area contributed by atoms with Gasteiger partial charge in [-0.3, -0.25) is 24.3 Å². The second-order valence-corrected chi connectivity index (χ2v) is 6.48. The zero-order chi connectivity index (χ0) is 17.8. The molecule has 3 rings (SSSR count). The van der Waals surface area contributed by atoms with Gasteiger partial charge in [0.25, 0.3) is 5.56 Å². The van der Waals surface area contributed by atoms with Crippen molar-refractivity contribution >= 4 is 57.4 Å². The monoisotopic (exact) mass is 322 g/mol. The lowest BCUT2D eigenvalue weighted by Gasteiger charge is -2.34. The van der Waals surface area contributed by atoms with E-state index in [1.807, 2.05) is 13.9 Å². The Morgan fingerprint density at radius 1 is 1.21 bits per heavy atom. The van der Waals surface area contributed by atoms with Crippen LogP contribution in [0.3, 0.4) is 0 Å². The molecule has 1 aliphatic rings. The Hall–Kier alpha value is -2.51. The Bertz CT molecular complexity index is 943. The number of carbonyl (C=O) groups excluding carboxylic acids is 2. The Balaban J connectivity index is 2.31. The number of amides is 2. The number of anilines is 1. The van der Waals surface area contributed by atoms with Gasteiger partial charge >= 0.3 is 0 Å². The van der Waals surface area contributed by atoms with E-state index in [0.717, 1.165) is 5.46 Å². The molecule has 2 amide bonds. The Morgan fingerprint density at radius 3 is 2.54 bits per heavy atom. The minimum Gasteiger partial charge on any atom is -0.398 e. The number of hydrogen-bond donors (Lipinski definition) is 2. The molecule has 0 saturated carbocycles. The maximum atomic E-state index is 13.1. The Morgan fingerprint density at radius 2 is 1.88 bits per heavy atom. The topological polar surface area (TPSA) is 107 Å². The number of fused-ring (bicyclic) bond motifs is 1. The van der Waals surface area contributed by atoms with Crippen molar-refractivity contribution in [1.29, 1.82) is 0 Å². The van der Waals surface area contributed by atoms with E-state index in [1.165, 1.54) is 4.57 Å². The molecule has 3 unspecified atom stereocenters. The highest BCUT2D eigenvalue weighted by Crippen LogP contribution is 2.34. The smallest absolute Gasteiger partial charge is 0.264 e. The number of piperidine rings is 1. The number of nitrogens with one attached hydrogen (secondary N) is 1. The summed E-state index contributed by atoms with van der Waals surface area (Å²) in [5.74, 6) is -1.09. The molecule has 1 saturated heterocycles. The van der Waals surface area contributed by atoms with Crippen LogP contribution in [0, 0.1) is 6.92 Å². The van der Waals surface area contributed by atoms with Crippen LogP contribution >= 0.6 is 0 Å². The van der Waals surface area contributed by atoms with Crippen molar-refractivity contribution in [2.75, 3.05) is 5.73 Å². The van der Waals surface area contributed by atoms with Crippen molar-refractivity contribution in [3.63, 3.8) is 0 Å². The van der Waals surface area contributed by atoms with E-state index in [-0.39, 0.29) is 23.1 Å². The molecule has 7 nitrogen and oxygen atoms in total. The largest absolute Gasteiger partial charge is 0.398 e. The number of nitrogens with two attached hydrogens (primary N) is 1. The zero-order valence-corrected chi connectivity index (χ0v) is 14.1. The van der Waals surface area contributed by atoms with Crippen LogP contribution in [0.5, 0.6) is 0 Å². The average molecular weight is 322 g/mol. The van der Waals surface area contributed by atoms with Crippen LogP contribution in [0.25, 0.3) is 10.9 Å². The van der Waals surface area contributed by atoms with Crippen LogP contribution in [-0.2, 0) is 9.59 Å². The fourth-order valence-corrected chi connectivity index (χ4v) is 3.30. The van der Waals surface area contributed by atoms with Crippen molar-refractivity contribution in [3.05, 3.63) is 28.3 Å². The minimum atomic E-state index is -0.790. The maximum absolute atomic E-state index is 13.1. The molecule has 3 atom stereocenters. The van der Waals surface area contributed by atoms with E-state index >= 15 is 0 Å². The van der Waals surface area contributed by atoms with Crippen molar-refractivity contribution in [1.82, 2.24) is 14.9 Å². The predicted molar refractivity (Wildman–Crippen MR) is 100 cm³/mol. The molecule has 1 aromatic heterocycles. The summed E-state index contributed by atoms with van der Waals surface area (Å²) in [7, 11) is 5.39. The number of nitrogen functional groups attached to an aromatic ring is 1. The van der Waals surface area contributed by atoms with E-state index < -0.39 is 11.9 Å². The van der Waals surface area contributed by atoms with Crippen LogP contribution in [0.2, 0.25) is 11.6 Å². The number of nitrogens with zero attached hydrogens (tertiary/aromatic N) is 2. The Kier molecular flexibility index (Phi) is 3.78. The van der Waals surface area contributed by atoms with Crippen LogP contribution < -0.4 is 22.1 Å². The first-order valence-corrected chi connectivity index (χ1v) is 7.86. The molecule has 24 heavy (non-hydrogen) atoms. The van der Waals surface area contributed by atoms with E-state index in [9.17, 15) is 14.4 Å². The van der Waals surface area contributed by atoms with Gasteiger partial charge in [-0.2, -0.15) is 0 Å². The van der Waals surface area contributed by atoms with Crippen molar-refractivity contribution in [3.8, 4) is 0 Å². The third-order valence-electron chi connectivity index (χ3n) is 4.96. The van der Waals surface area contributed by atoms with Crippen molar-refractivity contribution < 1.29 is 9.59 Å². The first kappa shape index (κ1) is 16.4. The predicted octanol–water partition coefficient (Wildman–Crippen LogP) is -3.41. The summed E-state index contributed by atoms with van der Waals surface area (Å²) in [5.41, 5.74) is 7.35. The lowest BCUT2D eigenvalue weighted by Crippen LogP contribution is -2.50. The molecule has 2 heterocycles. The number of aromatic nitrogens is 2. The third kappa shape index (κ3) is 2.25. The molecule has 0 aliphatic carbocycles. The molecule has 0 radical (unpaired) electrons. The highest BCUT2D eigenvalue weighted by molar-refractivity contribution is 6.38. The number of hydrogen-bond acceptors (Lipinski definition) is 5. The minimum absolute atomic E-state index is 0.310. The number of carbonyl (C=O) groups is 2. The number of imide groups is 1. The molecule has 1 aliphatic heterocycles. The van der Waals surface area contributed by atoms with Crippen LogP contribution in [0.4, 0.5) is 5.69 Å². The van der Waals surface area contributed by atoms with Gasteiger partial charge in [0.1, 0.15) is 35.4 Å². The van der Waals surface area contributed by atoms with Gasteiger partial charge in [0.05, 0.1) is 10.9 Å². The third-order valence-corrected chi connectivity index (χ3v) is 4.96. The highest BCUT2D eigenvalue weighted by atomic mass is 16.2. The van der Waals surface area contributed by atoms with Gasteiger partial charge < -0.3 is 5.73 Å².